The van der Waals surface area contributed by atoms with E-state index in [1.54, 1.807) is 12.1 Å². The molecule has 1 aromatic carbocycles. The minimum Gasteiger partial charge on any atom is -0.308 e. The highest BCUT2D eigenvalue weighted by atomic mass is 32.1. The number of nitrogens with zero attached hydrogens (tertiary/aromatic N) is 2. The third-order valence-corrected chi connectivity index (χ3v) is 5.24. The fraction of sp³-hybridized carbons (Fsp3) is 0.368. The lowest BCUT2D eigenvalue weighted by Gasteiger charge is -2.16. The first-order chi connectivity index (χ1) is 11.9. The summed E-state index contributed by atoms with van der Waals surface area (Å²) in [7, 11) is 2.03. The van der Waals surface area contributed by atoms with Crippen molar-refractivity contribution in [1.29, 1.82) is 0 Å². The fourth-order valence-corrected chi connectivity index (χ4v) is 3.63. The van der Waals surface area contributed by atoms with Crippen molar-refractivity contribution in [2.75, 3.05) is 13.6 Å². The van der Waals surface area contributed by atoms with Gasteiger partial charge in [-0.1, -0.05) is 26.0 Å². The van der Waals surface area contributed by atoms with Crippen LogP contribution < -0.4 is 5.56 Å². The van der Waals surface area contributed by atoms with Gasteiger partial charge in [0.1, 0.15) is 16.3 Å². The van der Waals surface area contributed by atoms with Gasteiger partial charge in [-0.2, -0.15) is 0 Å². The number of aromatic nitrogens is 2. The van der Waals surface area contributed by atoms with E-state index in [1.807, 2.05) is 13.1 Å². The van der Waals surface area contributed by atoms with Gasteiger partial charge in [0, 0.05) is 4.88 Å². The Labute approximate surface area is 150 Å². The normalized spacial score (nSPS) is 11.8. The Kier molecular flexibility index (Phi) is 5.30. The quantitative estimate of drug-likeness (QED) is 0.715. The van der Waals surface area contributed by atoms with E-state index in [2.05, 4.69) is 28.7 Å². The highest BCUT2D eigenvalue weighted by molar-refractivity contribution is 7.22. The van der Waals surface area contributed by atoms with Crippen LogP contribution in [0.3, 0.4) is 0 Å². The lowest BCUT2D eigenvalue weighted by atomic mass is 10.1. The molecule has 0 atom stereocenters. The SMILES string of the molecule is CC(C)CCN(C)Cc1nc2cc(-c3ccc(F)cc3)sc2c(=O)[nH]1. The second-order valence-electron chi connectivity index (χ2n) is 6.76. The van der Waals surface area contributed by atoms with Crippen LogP contribution in [0.25, 0.3) is 20.7 Å². The number of hydrogen-bond acceptors (Lipinski definition) is 4. The second kappa shape index (κ2) is 7.45. The molecule has 0 radical (unpaired) electrons. The van der Waals surface area contributed by atoms with Crippen LogP contribution in [0.2, 0.25) is 0 Å². The Bertz CT molecular complexity index is 915. The van der Waals surface area contributed by atoms with E-state index in [0.717, 1.165) is 23.4 Å². The molecule has 1 N–H and O–H groups in total. The molecule has 0 bridgehead atoms. The third-order valence-electron chi connectivity index (χ3n) is 4.07. The maximum absolute atomic E-state index is 13.1. The molecule has 132 valence electrons. The van der Waals surface area contributed by atoms with Crippen LogP contribution in [-0.2, 0) is 6.54 Å². The van der Waals surface area contributed by atoms with Crippen molar-refractivity contribution < 1.29 is 4.39 Å². The maximum Gasteiger partial charge on any atom is 0.268 e. The van der Waals surface area contributed by atoms with Crippen molar-refractivity contribution in [3.63, 3.8) is 0 Å². The summed E-state index contributed by atoms with van der Waals surface area (Å²) in [6.07, 6.45) is 1.11. The van der Waals surface area contributed by atoms with Crippen molar-refractivity contribution in [2.24, 2.45) is 5.92 Å². The van der Waals surface area contributed by atoms with Crippen molar-refractivity contribution in [3.05, 3.63) is 52.3 Å². The topological polar surface area (TPSA) is 49.0 Å². The maximum atomic E-state index is 13.1. The summed E-state index contributed by atoms with van der Waals surface area (Å²) in [5, 5.41) is 0. The molecule has 25 heavy (non-hydrogen) atoms. The van der Waals surface area contributed by atoms with Crippen molar-refractivity contribution in [3.8, 4) is 10.4 Å². The summed E-state index contributed by atoms with van der Waals surface area (Å²) in [5.41, 5.74) is 1.47. The van der Waals surface area contributed by atoms with Gasteiger partial charge in [-0.25, -0.2) is 9.37 Å². The number of thiophene rings is 1. The summed E-state index contributed by atoms with van der Waals surface area (Å²) in [6.45, 7) is 5.97. The molecule has 0 aliphatic carbocycles. The summed E-state index contributed by atoms with van der Waals surface area (Å²) < 4.78 is 13.7. The number of aromatic amines is 1. The zero-order valence-electron chi connectivity index (χ0n) is 14.7. The average molecular weight is 359 g/mol. The summed E-state index contributed by atoms with van der Waals surface area (Å²) in [6, 6.07) is 8.18. The second-order valence-corrected chi connectivity index (χ2v) is 7.82. The number of hydrogen-bond donors (Lipinski definition) is 1. The molecule has 0 spiro atoms. The van der Waals surface area contributed by atoms with Crippen LogP contribution in [0, 0.1) is 11.7 Å². The zero-order valence-corrected chi connectivity index (χ0v) is 15.5. The van der Waals surface area contributed by atoms with Crippen LogP contribution >= 0.6 is 11.3 Å². The van der Waals surface area contributed by atoms with Gasteiger partial charge < -0.3 is 4.98 Å². The van der Waals surface area contributed by atoms with E-state index < -0.39 is 0 Å². The molecule has 4 nitrogen and oxygen atoms in total. The smallest absolute Gasteiger partial charge is 0.268 e. The lowest BCUT2D eigenvalue weighted by molar-refractivity contribution is 0.296. The molecule has 2 heterocycles. The number of H-pyrrole nitrogens is 1. The van der Waals surface area contributed by atoms with Gasteiger partial charge >= 0.3 is 0 Å². The molecule has 0 saturated heterocycles. The molecule has 3 aromatic rings. The van der Waals surface area contributed by atoms with Crippen LogP contribution in [0.4, 0.5) is 4.39 Å². The van der Waals surface area contributed by atoms with E-state index in [0.29, 0.717) is 28.5 Å². The Morgan fingerprint density at radius 3 is 2.68 bits per heavy atom. The molecule has 0 aliphatic heterocycles. The molecule has 0 fully saturated rings. The number of benzene rings is 1. The van der Waals surface area contributed by atoms with E-state index in [9.17, 15) is 9.18 Å². The number of fused-ring (bicyclic) bond motifs is 1. The van der Waals surface area contributed by atoms with E-state index in [-0.39, 0.29) is 11.4 Å². The summed E-state index contributed by atoms with van der Waals surface area (Å²) >= 11 is 1.38. The van der Waals surface area contributed by atoms with E-state index in [4.69, 9.17) is 0 Å². The molecule has 3 rings (SSSR count). The average Bonchev–Trinajstić information content (AvgIpc) is 2.98. The molecule has 0 saturated carbocycles. The first kappa shape index (κ1) is 17.8. The highest BCUT2D eigenvalue weighted by Crippen LogP contribution is 2.30. The largest absolute Gasteiger partial charge is 0.308 e. The van der Waals surface area contributed by atoms with Gasteiger partial charge in [-0.05, 0) is 49.7 Å². The van der Waals surface area contributed by atoms with Crippen molar-refractivity contribution in [1.82, 2.24) is 14.9 Å². The van der Waals surface area contributed by atoms with Crippen LogP contribution in [0.5, 0.6) is 0 Å². The monoisotopic (exact) mass is 359 g/mol. The zero-order chi connectivity index (χ0) is 18.0. The predicted octanol–water partition coefficient (Wildman–Crippen LogP) is 4.27. The third kappa shape index (κ3) is 4.32. The minimum absolute atomic E-state index is 0.115. The predicted molar refractivity (Wildman–Crippen MR) is 101 cm³/mol. The van der Waals surface area contributed by atoms with Crippen LogP contribution in [0.15, 0.2) is 35.1 Å². The Balaban J connectivity index is 1.86. The highest BCUT2D eigenvalue weighted by Gasteiger charge is 2.12. The molecule has 2 aromatic heterocycles. The Morgan fingerprint density at radius 2 is 2.00 bits per heavy atom. The molecule has 6 heteroatoms. The van der Waals surface area contributed by atoms with Gasteiger partial charge in [0.15, 0.2) is 0 Å². The number of rotatable bonds is 6. The molecular formula is C19H22FN3OS. The minimum atomic E-state index is -0.271. The molecule has 0 unspecified atom stereocenters. The van der Waals surface area contributed by atoms with Crippen LogP contribution in [0.1, 0.15) is 26.1 Å². The molecule has 0 aliphatic rings. The van der Waals surface area contributed by atoms with Crippen molar-refractivity contribution in [2.45, 2.75) is 26.8 Å². The van der Waals surface area contributed by atoms with E-state index >= 15 is 0 Å². The standard InChI is InChI=1S/C19H22FN3OS/c1-12(2)8-9-23(3)11-17-21-15-10-16(25-18(15)19(24)22-17)13-4-6-14(20)7-5-13/h4-7,10,12H,8-9,11H2,1-3H3,(H,21,22,24). The molecule has 0 amide bonds. The number of halogens is 1. The van der Waals surface area contributed by atoms with E-state index in [1.165, 1.54) is 23.5 Å². The van der Waals surface area contributed by atoms with Gasteiger partial charge in [0.05, 0.1) is 12.1 Å². The number of nitrogens with one attached hydrogen (secondary N) is 1. The first-order valence-electron chi connectivity index (χ1n) is 8.39. The van der Waals surface area contributed by atoms with Crippen molar-refractivity contribution >= 4 is 21.6 Å². The van der Waals surface area contributed by atoms with Gasteiger partial charge in [-0.15, -0.1) is 11.3 Å². The fourth-order valence-electron chi connectivity index (χ4n) is 2.63. The van der Waals surface area contributed by atoms with Crippen LogP contribution in [-0.4, -0.2) is 28.5 Å². The van der Waals surface area contributed by atoms with Gasteiger partial charge in [-0.3, -0.25) is 9.69 Å². The summed E-state index contributed by atoms with van der Waals surface area (Å²) in [4.78, 5) is 23.0. The Hall–Kier alpha value is -2.05. The first-order valence-corrected chi connectivity index (χ1v) is 9.21. The summed E-state index contributed by atoms with van der Waals surface area (Å²) in [5.74, 6) is 1.05. The Morgan fingerprint density at radius 1 is 1.28 bits per heavy atom. The van der Waals surface area contributed by atoms with Gasteiger partial charge in [0.2, 0.25) is 0 Å². The molecular weight excluding hydrogens is 337 g/mol. The van der Waals surface area contributed by atoms with Gasteiger partial charge in [0.25, 0.3) is 5.56 Å². The lowest BCUT2D eigenvalue weighted by Crippen LogP contribution is -2.23.